The van der Waals surface area contributed by atoms with E-state index in [1.807, 2.05) is 0 Å². The first-order valence-corrected chi connectivity index (χ1v) is 12.1. The molecular formula is C30H21BrO2. The Bertz CT molecular complexity index is 1420. The van der Waals surface area contributed by atoms with Crippen LogP contribution in [-0.2, 0) is 14.9 Å². The highest BCUT2D eigenvalue weighted by atomic mass is 79.9. The summed E-state index contributed by atoms with van der Waals surface area (Å²) in [5, 5.41) is 0. The Balaban J connectivity index is 1.78. The van der Waals surface area contributed by atoms with Crippen LogP contribution in [0.15, 0.2) is 95.5 Å². The van der Waals surface area contributed by atoms with Crippen molar-refractivity contribution >= 4 is 21.9 Å². The Morgan fingerprint density at radius 3 is 1.88 bits per heavy atom. The summed E-state index contributed by atoms with van der Waals surface area (Å²) in [5.41, 5.74) is 8.69. The zero-order valence-electron chi connectivity index (χ0n) is 18.1. The summed E-state index contributed by atoms with van der Waals surface area (Å²) in [6.45, 7) is 0. The summed E-state index contributed by atoms with van der Waals surface area (Å²) in [4.78, 5) is 14.2. The van der Waals surface area contributed by atoms with Gasteiger partial charge in [0.05, 0.1) is 7.11 Å². The van der Waals surface area contributed by atoms with Gasteiger partial charge in [-0.2, -0.15) is 0 Å². The molecule has 4 bridgehead atoms. The Morgan fingerprint density at radius 1 is 0.697 bits per heavy atom. The normalized spacial score (nSPS) is 25.2. The van der Waals surface area contributed by atoms with Gasteiger partial charge in [-0.05, 0) is 50.6 Å². The maximum Gasteiger partial charge on any atom is 0.321 e. The lowest BCUT2D eigenvalue weighted by atomic mass is 9.47. The first-order chi connectivity index (χ1) is 16.2. The molecule has 0 fully saturated rings. The summed E-state index contributed by atoms with van der Waals surface area (Å²) >= 11 is 3.89. The average Bonchev–Trinajstić information content (AvgIpc) is 2.85. The molecular weight excluding hydrogens is 472 g/mol. The number of ether oxygens (including phenoxy) is 1. The van der Waals surface area contributed by atoms with E-state index in [1.54, 1.807) is 0 Å². The minimum atomic E-state index is -0.974. The van der Waals surface area contributed by atoms with Crippen molar-refractivity contribution in [3.05, 3.63) is 140 Å². The standard InChI is InChI=1S/C30H21BrO2/c1-33-29(32)30-22-14-7-6-13-21(22)26(27-23(30)15-8-16-24(27)31)25-17-9-2-4-11-19(17)28(30)20-12-5-3-10-18(20)25/h2-16,25-26,28H,1H3. The molecule has 33 heavy (non-hydrogen) atoms. The average molecular weight is 493 g/mol. The molecule has 160 valence electrons. The van der Waals surface area contributed by atoms with Gasteiger partial charge >= 0.3 is 5.97 Å². The molecule has 2 unspecified atom stereocenters. The number of esters is 1. The number of rotatable bonds is 1. The Hall–Kier alpha value is -3.17. The molecule has 0 saturated carbocycles. The molecule has 0 amide bonds. The fourth-order valence-electron chi connectivity index (χ4n) is 7.06. The van der Waals surface area contributed by atoms with Gasteiger partial charge in [-0.1, -0.05) is 101 Å². The van der Waals surface area contributed by atoms with Gasteiger partial charge in [0.25, 0.3) is 0 Å². The Labute approximate surface area is 201 Å². The van der Waals surface area contributed by atoms with Crippen molar-refractivity contribution in [2.75, 3.05) is 7.11 Å². The van der Waals surface area contributed by atoms with Crippen molar-refractivity contribution in [2.45, 2.75) is 23.2 Å². The van der Waals surface area contributed by atoms with Crippen LogP contribution in [0, 0.1) is 0 Å². The van der Waals surface area contributed by atoms with Gasteiger partial charge < -0.3 is 4.74 Å². The Morgan fingerprint density at radius 2 is 1.24 bits per heavy atom. The third-order valence-corrected chi connectivity index (χ3v) is 8.76. The SMILES string of the molecule is COC(=O)C12c3ccccc3C(c3c(Br)cccc31)C1c3ccccc3C2c2ccccc21. The number of carbonyl (C=O) groups excluding carboxylic acids is 1. The smallest absolute Gasteiger partial charge is 0.321 e. The Kier molecular flexibility index (Phi) is 3.91. The van der Waals surface area contributed by atoms with Gasteiger partial charge in [0.15, 0.2) is 0 Å². The molecule has 4 aromatic rings. The highest BCUT2D eigenvalue weighted by Gasteiger charge is 2.62. The zero-order chi connectivity index (χ0) is 22.3. The van der Waals surface area contributed by atoms with Gasteiger partial charge in [-0.15, -0.1) is 0 Å². The number of carbonyl (C=O) groups is 1. The van der Waals surface area contributed by atoms with E-state index >= 15 is 0 Å². The van der Waals surface area contributed by atoms with Gasteiger partial charge in [-0.3, -0.25) is 4.79 Å². The number of halogens is 1. The van der Waals surface area contributed by atoms with Gasteiger partial charge in [0.2, 0.25) is 0 Å². The molecule has 0 N–H and O–H groups in total. The largest absolute Gasteiger partial charge is 0.468 e. The zero-order valence-corrected chi connectivity index (χ0v) is 19.7. The molecule has 10 rings (SSSR count). The monoisotopic (exact) mass is 492 g/mol. The van der Waals surface area contributed by atoms with E-state index in [-0.39, 0.29) is 23.7 Å². The van der Waals surface area contributed by atoms with Crippen molar-refractivity contribution in [1.29, 1.82) is 0 Å². The van der Waals surface area contributed by atoms with E-state index < -0.39 is 5.41 Å². The van der Waals surface area contributed by atoms with E-state index in [1.165, 1.54) is 40.5 Å². The van der Waals surface area contributed by atoms with Crippen molar-refractivity contribution in [2.24, 2.45) is 0 Å². The van der Waals surface area contributed by atoms with E-state index in [4.69, 9.17) is 4.74 Å². The fraction of sp³-hybridized carbons (Fsp3) is 0.167. The number of hydrogen-bond donors (Lipinski definition) is 0. The van der Waals surface area contributed by atoms with Crippen molar-refractivity contribution in [3.63, 3.8) is 0 Å². The van der Waals surface area contributed by atoms with Crippen molar-refractivity contribution in [1.82, 2.24) is 0 Å². The third-order valence-electron chi connectivity index (χ3n) is 8.07. The topological polar surface area (TPSA) is 26.3 Å². The number of benzene rings is 4. The maximum atomic E-state index is 14.2. The first kappa shape index (κ1) is 19.3. The molecule has 0 spiro atoms. The van der Waals surface area contributed by atoms with Crippen LogP contribution in [0.1, 0.15) is 62.3 Å². The molecule has 0 aromatic heterocycles. The molecule has 0 aliphatic heterocycles. The van der Waals surface area contributed by atoms with Gasteiger partial charge in [-0.25, -0.2) is 0 Å². The van der Waals surface area contributed by atoms with E-state index in [0.29, 0.717) is 0 Å². The summed E-state index contributed by atoms with van der Waals surface area (Å²) in [7, 11) is 1.52. The van der Waals surface area contributed by atoms with Crippen molar-refractivity contribution < 1.29 is 9.53 Å². The van der Waals surface area contributed by atoms with Crippen LogP contribution in [0.5, 0.6) is 0 Å². The second-order valence-electron chi connectivity index (χ2n) is 9.23. The number of methoxy groups -OCH3 is 1. The first-order valence-electron chi connectivity index (χ1n) is 11.3. The molecule has 2 nitrogen and oxygen atoms in total. The van der Waals surface area contributed by atoms with Crippen LogP contribution >= 0.6 is 15.9 Å². The summed E-state index contributed by atoms with van der Waals surface area (Å²) in [6, 6.07) is 32.2. The van der Waals surface area contributed by atoms with E-state index in [2.05, 4.69) is 107 Å². The minimum Gasteiger partial charge on any atom is -0.468 e. The van der Waals surface area contributed by atoms with Gasteiger partial charge in [0, 0.05) is 22.2 Å². The molecule has 3 heteroatoms. The third kappa shape index (κ3) is 2.17. The second kappa shape index (κ2) is 6.68. The van der Waals surface area contributed by atoms with Crippen molar-refractivity contribution in [3.8, 4) is 0 Å². The van der Waals surface area contributed by atoms with Gasteiger partial charge in [0.1, 0.15) is 5.41 Å². The summed E-state index contributed by atoms with van der Waals surface area (Å²) in [5.74, 6) is -0.122. The summed E-state index contributed by atoms with van der Waals surface area (Å²) < 4.78 is 6.73. The summed E-state index contributed by atoms with van der Waals surface area (Å²) in [6.07, 6.45) is 0. The minimum absolute atomic E-state index is 0.0908. The van der Waals surface area contributed by atoms with Crippen LogP contribution in [0.2, 0.25) is 0 Å². The fourth-order valence-corrected chi connectivity index (χ4v) is 7.67. The van der Waals surface area contributed by atoms with Crippen LogP contribution in [0.4, 0.5) is 0 Å². The molecule has 4 aromatic carbocycles. The lowest BCUT2D eigenvalue weighted by Crippen LogP contribution is -2.52. The van der Waals surface area contributed by atoms with E-state index in [0.717, 1.165) is 15.6 Å². The highest BCUT2D eigenvalue weighted by molar-refractivity contribution is 9.10. The van der Waals surface area contributed by atoms with Crippen LogP contribution in [0.25, 0.3) is 0 Å². The number of hydrogen-bond acceptors (Lipinski definition) is 2. The molecule has 6 aliphatic carbocycles. The highest BCUT2D eigenvalue weighted by Crippen LogP contribution is 2.67. The predicted octanol–water partition coefficient (Wildman–Crippen LogP) is 6.64. The van der Waals surface area contributed by atoms with Crippen LogP contribution in [-0.4, -0.2) is 13.1 Å². The molecule has 6 aliphatic rings. The predicted molar refractivity (Wildman–Crippen MR) is 132 cm³/mol. The maximum absolute atomic E-state index is 14.2. The quantitative estimate of drug-likeness (QED) is 0.278. The second-order valence-corrected chi connectivity index (χ2v) is 10.1. The molecule has 0 saturated heterocycles. The van der Waals surface area contributed by atoms with Crippen LogP contribution in [0.3, 0.4) is 0 Å². The molecule has 2 atom stereocenters. The lowest BCUT2D eigenvalue weighted by Gasteiger charge is -2.54. The molecule has 0 heterocycles. The molecule has 0 radical (unpaired) electrons. The van der Waals surface area contributed by atoms with Crippen LogP contribution < -0.4 is 0 Å². The lowest BCUT2D eigenvalue weighted by molar-refractivity contribution is -0.146. The van der Waals surface area contributed by atoms with E-state index in [9.17, 15) is 4.79 Å².